The minimum atomic E-state index is -2.08. The normalized spacial score (nSPS) is 19.0. The van der Waals surface area contributed by atoms with Crippen molar-refractivity contribution in [2.24, 2.45) is 0 Å². The lowest BCUT2D eigenvalue weighted by molar-refractivity contribution is -0.139. The summed E-state index contributed by atoms with van der Waals surface area (Å²) in [6.07, 6.45) is 4.08. The highest BCUT2D eigenvalue weighted by Crippen LogP contribution is 2.35. The first-order chi connectivity index (χ1) is 16.4. The molecular formula is C24H20Cl2N2O7. The second-order valence-corrected chi connectivity index (χ2v) is 8.91. The van der Waals surface area contributed by atoms with Crippen LogP contribution in [0, 0.1) is 0 Å². The maximum Gasteiger partial charge on any atom is 0.339 e. The van der Waals surface area contributed by atoms with E-state index in [1.54, 1.807) is 24.3 Å². The van der Waals surface area contributed by atoms with E-state index in [2.05, 4.69) is 5.32 Å². The lowest BCUT2D eigenvalue weighted by Crippen LogP contribution is -2.53. The van der Waals surface area contributed by atoms with E-state index in [9.17, 15) is 34.5 Å². The van der Waals surface area contributed by atoms with E-state index in [1.165, 1.54) is 32.3 Å². The number of carboxylic acids is 2. The molecule has 11 heteroatoms. The van der Waals surface area contributed by atoms with Crippen LogP contribution in [0.3, 0.4) is 0 Å². The van der Waals surface area contributed by atoms with Crippen molar-refractivity contribution in [1.82, 2.24) is 10.2 Å². The molecule has 0 saturated heterocycles. The summed E-state index contributed by atoms with van der Waals surface area (Å²) < 4.78 is 0. The Morgan fingerprint density at radius 1 is 1.03 bits per heavy atom. The third kappa shape index (κ3) is 5.01. The number of benzene rings is 2. The van der Waals surface area contributed by atoms with Crippen LogP contribution in [0.5, 0.6) is 5.75 Å². The van der Waals surface area contributed by atoms with Crippen molar-refractivity contribution in [3.05, 3.63) is 81.9 Å². The third-order valence-electron chi connectivity index (χ3n) is 5.35. The first-order valence-electron chi connectivity index (χ1n) is 10.1. The molecule has 0 aromatic heterocycles. The summed E-state index contributed by atoms with van der Waals surface area (Å²) in [6.45, 7) is 0. The summed E-state index contributed by atoms with van der Waals surface area (Å²) in [7, 11) is 2.82. The first kappa shape index (κ1) is 25.8. The zero-order valence-electron chi connectivity index (χ0n) is 18.5. The average Bonchev–Trinajstić information content (AvgIpc) is 2.79. The van der Waals surface area contributed by atoms with Gasteiger partial charge in [0.25, 0.3) is 11.8 Å². The highest BCUT2D eigenvalue weighted by Gasteiger charge is 2.44. The number of hydrogen-bond donors (Lipinski definition) is 4. The topological polar surface area (TPSA) is 144 Å². The SMILES string of the molecule is CN(C)C(=O)c1cc(O)c(C(=O)O)cc1C(=O)NC1C=C(c2ccccc2Cl)C=CC1(Cl)C(=O)O. The van der Waals surface area contributed by atoms with Crippen LogP contribution in [0.2, 0.25) is 5.02 Å². The van der Waals surface area contributed by atoms with Gasteiger partial charge in [0.05, 0.1) is 17.2 Å². The molecule has 2 aromatic carbocycles. The van der Waals surface area contributed by atoms with Gasteiger partial charge >= 0.3 is 11.9 Å². The monoisotopic (exact) mass is 518 g/mol. The number of nitrogens with one attached hydrogen (secondary N) is 1. The molecule has 0 fully saturated rings. The average molecular weight is 519 g/mol. The second kappa shape index (κ2) is 9.81. The number of rotatable bonds is 6. The number of halogens is 2. The molecule has 2 aromatic rings. The van der Waals surface area contributed by atoms with Crippen molar-refractivity contribution in [1.29, 1.82) is 0 Å². The number of aromatic carboxylic acids is 1. The van der Waals surface area contributed by atoms with E-state index in [0.717, 1.165) is 17.0 Å². The molecule has 0 radical (unpaired) electrons. The Balaban J connectivity index is 2.10. The Hall–Kier alpha value is -3.82. The molecule has 2 amide bonds. The predicted octanol–water partition coefficient (Wildman–Crippen LogP) is 3.26. The number of carbonyl (C=O) groups excluding carboxylic acids is 2. The van der Waals surface area contributed by atoms with E-state index < -0.39 is 46.0 Å². The van der Waals surface area contributed by atoms with Crippen LogP contribution in [0.1, 0.15) is 36.6 Å². The molecule has 182 valence electrons. The fourth-order valence-electron chi connectivity index (χ4n) is 3.48. The molecule has 0 bridgehead atoms. The number of carboxylic acid groups (broad SMARTS) is 2. The van der Waals surface area contributed by atoms with Gasteiger partial charge in [0.1, 0.15) is 11.3 Å². The van der Waals surface area contributed by atoms with Gasteiger partial charge < -0.3 is 25.5 Å². The number of nitrogens with zero attached hydrogens (tertiary/aromatic N) is 1. The van der Waals surface area contributed by atoms with Crippen molar-refractivity contribution in [2.45, 2.75) is 10.9 Å². The van der Waals surface area contributed by atoms with Crippen molar-refractivity contribution in [2.75, 3.05) is 14.1 Å². The fourth-order valence-corrected chi connectivity index (χ4v) is 3.91. The molecule has 2 unspecified atom stereocenters. The lowest BCUT2D eigenvalue weighted by Gasteiger charge is -2.31. The summed E-state index contributed by atoms with van der Waals surface area (Å²) in [5, 5.41) is 32.0. The number of carbonyl (C=O) groups is 4. The lowest BCUT2D eigenvalue weighted by atomic mass is 9.87. The Labute approximate surface area is 209 Å². The van der Waals surface area contributed by atoms with Gasteiger partial charge in [-0.2, -0.15) is 0 Å². The molecule has 0 saturated carbocycles. The Morgan fingerprint density at radius 2 is 1.69 bits per heavy atom. The minimum Gasteiger partial charge on any atom is -0.507 e. The predicted molar refractivity (Wildman–Crippen MR) is 129 cm³/mol. The van der Waals surface area contributed by atoms with E-state index >= 15 is 0 Å². The van der Waals surface area contributed by atoms with Gasteiger partial charge in [0.15, 0.2) is 4.87 Å². The summed E-state index contributed by atoms with van der Waals surface area (Å²) in [5.41, 5.74) is -0.232. The molecule has 0 aliphatic heterocycles. The summed E-state index contributed by atoms with van der Waals surface area (Å²) >= 11 is 12.6. The van der Waals surface area contributed by atoms with Gasteiger partial charge in [0.2, 0.25) is 0 Å². The van der Waals surface area contributed by atoms with Crippen molar-refractivity contribution >= 4 is 52.5 Å². The molecule has 1 aliphatic carbocycles. The van der Waals surface area contributed by atoms with Crippen LogP contribution in [0.15, 0.2) is 54.6 Å². The number of aromatic hydroxyl groups is 1. The van der Waals surface area contributed by atoms with Gasteiger partial charge in [0, 0.05) is 24.7 Å². The van der Waals surface area contributed by atoms with Crippen LogP contribution in [-0.2, 0) is 4.79 Å². The molecule has 2 atom stereocenters. The van der Waals surface area contributed by atoms with Crippen LogP contribution in [0.4, 0.5) is 0 Å². The van der Waals surface area contributed by atoms with Crippen molar-refractivity contribution in [3.63, 3.8) is 0 Å². The number of allylic oxidation sites excluding steroid dienone is 2. The maximum absolute atomic E-state index is 13.3. The van der Waals surface area contributed by atoms with Crippen LogP contribution in [-0.4, -0.2) is 69.0 Å². The smallest absolute Gasteiger partial charge is 0.339 e. The third-order valence-corrected chi connectivity index (χ3v) is 6.20. The Kier molecular flexibility index (Phi) is 7.23. The fraction of sp³-hybridized carbons (Fsp3) is 0.167. The number of hydrogen-bond acceptors (Lipinski definition) is 5. The van der Waals surface area contributed by atoms with E-state index in [-0.39, 0.29) is 11.1 Å². The van der Waals surface area contributed by atoms with Crippen LogP contribution in [0.25, 0.3) is 5.57 Å². The first-order valence-corrected chi connectivity index (χ1v) is 10.8. The van der Waals surface area contributed by atoms with Crippen molar-refractivity contribution in [3.8, 4) is 5.75 Å². The van der Waals surface area contributed by atoms with E-state index in [0.29, 0.717) is 16.2 Å². The molecule has 3 rings (SSSR count). The van der Waals surface area contributed by atoms with Gasteiger partial charge in [-0.15, -0.1) is 0 Å². The number of alkyl halides is 1. The number of phenols is 1. The molecule has 4 N–H and O–H groups in total. The second-order valence-electron chi connectivity index (χ2n) is 7.88. The van der Waals surface area contributed by atoms with Gasteiger partial charge in [-0.3, -0.25) is 9.59 Å². The maximum atomic E-state index is 13.3. The van der Waals surface area contributed by atoms with Crippen LogP contribution >= 0.6 is 23.2 Å². The van der Waals surface area contributed by atoms with Crippen LogP contribution < -0.4 is 5.32 Å². The minimum absolute atomic E-state index is 0.285. The summed E-state index contributed by atoms with van der Waals surface area (Å²) in [5.74, 6) is -5.35. The number of aliphatic carboxylic acids is 1. The molecule has 1 aliphatic rings. The molecule has 9 nitrogen and oxygen atoms in total. The highest BCUT2D eigenvalue weighted by molar-refractivity contribution is 6.37. The van der Waals surface area contributed by atoms with E-state index in [1.807, 2.05) is 0 Å². The van der Waals surface area contributed by atoms with Gasteiger partial charge in [-0.25, -0.2) is 9.59 Å². The van der Waals surface area contributed by atoms with E-state index in [4.69, 9.17) is 23.2 Å². The Morgan fingerprint density at radius 3 is 2.26 bits per heavy atom. The largest absolute Gasteiger partial charge is 0.507 e. The molecule has 0 heterocycles. The van der Waals surface area contributed by atoms with Crippen molar-refractivity contribution < 1.29 is 34.5 Å². The highest BCUT2D eigenvalue weighted by atomic mass is 35.5. The number of amides is 2. The molecule has 0 spiro atoms. The summed E-state index contributed by atoms with van der Waals surface area (Å²) in [4.78, 5) is 48.5. The zero-order valence-corrected chi connectivity index (χ0v) is 20.0. The Bertz CT molecular complexity index is 1300. The molecular weight excluding hydrogens is 499 g/mol. The van der Waals surface area contributed by atoms with Gasteiger partial charge in [-0.1, -0.05) is 53.6 Å². The standard InChI is InChI=1S/C24H20Cl2N2O7/c1-28(2)21(31)15-11-18(29)16(22(32)33)10-14(15)20(30)27-19-9-12(7-8-24(19,26)23(34)35)13-5-3-4-6-17(13)25/h3-11,19,29H,1-2H3,(H,27,30)(H,32,33)(H,34,35). The van der Waals surface area contributed by atoms with Gasteiger partial charge in [-0.05, 0) is 29.8 Å². The molecule has 35 heavy (non-hydrogen) atoms. The quantitative estimate of drug-likeness (QED) is 0.429. The zero-order chi connectivity index (χ0) is 26.1. The summed E-state index contributed by atoms with van der Waals surface area (Å²) in [6, 6.07) is 7.18.